The molecule has 0 spiro atoms. The average molecular weight is 170 g/mol. The van der Waals surface area contributed by atoms with E-state index in [1.165, 1.54) is 0 Å². The van der Waals surface area contributed by atoms with Crippen LogP contribution in [0, 0.1) is 0 Å². The fourth-order valence-electron chi connectivity index (χ4n) is 0.253. The third-order valence-electron chi connectivity index (χ3n) is 0.672. The molecular formula is C4H5Cl2NO2. The molecule has 0 aromatic rings. The molecule has 0 aromatic heterocycles. The molecule has 2 N–H and O–H groups in total. The Hall–Kier alpha value is -0.120. The first-order chi connectivity index (χ1) is 4.04. The number of halogens is 2. The zero-order valence-electron chi connectivity index (χ0n) is 4.43. The van der Waals surface area contributed by atoms with Gasteiger partial charge in [-0.25, -0.2) is 0 Å². The maximum Gasteiger partial charge on any atom is 0.238 e. The number of nitrogens with two attached hydrogens (primary N) is 1. The summed E-state index contributed by atoms with van der Waals surface area (Å²) in [6, 6.07) is -0.961. The minimum Gasteiger partial charge on any atom is -0.320 e. The molecule has 0 saturated carbocycles. The molecule has 3 nitrogen and oxygen atoms in total. The number of hydrogen-bond donors (Lipinski definition) is 1. The normalized spacial score (nSPS) is 12.8. The Morgan fingerprint density at radius 1 is 1.44 bits per heavy atom. The zero-order valence-corrected chi connectivity index (χ0v) is 5.95. The number of carbonyl (C=O) groups is 2. The molecule has 0 aliphatic heterocycles. The van der Waals surface area contributed by atoms with Crippen molar-refractivity contribution in [1.29, 1.82) is 0 Å². The summed E-state index contributed by atoms with van der Waals surface area (Å²) in [5.41, 5.74) is 5.03. The van der Waals surface area contributed by atoms with E-state index in [1.54, 1.807) is 0 Å². The van der Waals surface area contributed by atoms with Gasteiger partial charge in [-0.2, -0.15) is 0 Å². The first-order valence-corrected chi connectivity index (χ1v) is 2.93. The van der Waals surface area contributed by atoms with Crippen LogP contribution < -0.4 is 5.73 Å². The minimum atomic E-state index is -0.961. The predicted octanol–water partition coefficient (Wildman–Crippen LogP) is 0.235. The first kappa shape index (κ1) is 8.88. The van der Waals surface area contributed by atoms with Gasteiger partial charge in [-0.1, -0.05) is 0 Å². The van der Waals surface area contributed by atoms with Crippen LogP contribution in [0.3, 0.4) is 0 Å². The number of hydrogen-bond acceptors (Lipinski definition) is 3. The Bertz CT molecular complexity index is 137. The van der Waals surface area contributed by atoms with Crippen LogP contribution in [0.15, 0.2) is 0 Å². The summed E-state index contributed by atoms with van der Waals surface area (Å²) >= 11 is 9.78. The summed E-state index contributed by atoms with van der Waals surface area (Å²) in [5.74, 6) is 0. The topological polar surface area (TPSA) is 60.2 Å². The quantitative estimate of drug-likeness (QED) is 0.617. The second kappa shape index (κ2) is 3.82. The van der Waals surface area contributed by atoms with Crippen molar-refractivity contribution in [3.63, 3.8) is 0 Å². The predicted molar refractivity (Wildman–Crippen MR) is 34.3 cm³/mol. The van der Waals surface area contributed by atoms with Crippen LogP contribution in [0.4, 0.5) is 0 Å². The molecular weight excluding hydrogens is 165 g/mol. The maximum atomic E-state index is 10.1. The molecule has 1 atom stereocenters. The van der Waals surface area contributed by atoms with E-state index < -0.39 is 16.5 Å². The van der Waals surface area contributed by atoms with Crippen molar-refractivity contribution in [2.45, 2.75) is 12.5 Å². The van der Waals surface area contributed by atoms with Gasteiger partial charge in [-0.15, -0.1) is 0 Å². The van der Waals surface area contributed by atoms with Gasteiger partial charge in [-0.3, -0.25) is 9.59 Å². The minimum absolute atomic E-state index is 0.204. The van der Waals surface area contributed by atoms with Gasteiger partial charge in [-0.05, 0) is 23.2 Å². The third-order valence-corrected chi connectivity index (χ3v) is 1.11. The summed E-state index contributed by atoms with van der Waals surface area (Å²) < 4.78 is 0. The van der Waals surface area contributed by atoms with E-state index in [-0.39, 0.29) is 6.42 Å². The Labute approximate surface area is 62.1 Å². The van der Waals surface area contributed by atoms with Crippen molar-refractivity contribution in [1.82, 2.24) is 0 Å². The highest BCUT2D eigenvalue weighted by Crippen LogP contribution is 1.96. The van der Waals surface area contributed by atoms with Crippen LogP contribution in [0.5, 0.6) is 0 Å². The first-order valence-electron chi connectivity index (χ1n) is 2.17. The second-order valence-corrected chi connectivity index (χ2v) is 2.26. The Balaban J connectivity index is 3.63. The molecule has 0 fully saturated rings. The SMILES string of the molecule is NC(CC(=O)Cl)C(=O)Cl. The van der Waals surface area contributed by atoms with E-state index in [0.29, 0.717) is 0 Å². The fourth-order valence-corrected chi connectivity index (χ4v) is 0.497. The molecule has 0 saturated heterocycles. The van der Waals surface area contributed by atoms with Crippen LogP contribution in [-0.2, 0) is 9.59 Å². The summed E-state index contributed by atoms with van der Waals surface area (Å²) in [7, 11) is 0. The summed E-state index contributed by atoms with van der Waals surface area (Å²) in [5, 5.41) is -1.40. The molecule has 0 radical (unpaired) electrons. The lowest BCUT2D eigenvalue weighted by Gasteiger charge is -1.98. The van der Waals surface area contributed by atoms with Crippen molar-refractivity contribution in [3.8, 4) is 0 Å². The lowest BCUT2D eigenvalue weighted by Crippen LogP contribution is -2.28. The van der Waals surface area contributed by atoms with Gasteiger partial charge in [0.05, 0.1) is 6.04 Å². The van der Waals surface area contributed by atoms with Crippen molar-refractivity contribution >= 4 is 33.7 Å². The lowest BCUT2D eigenvalue weighted by molar-refractivity contribution is -0.117. The van der Waals surface area contributed by atoms with Gasteiger partial charge in [0.25, 0.3) is 0 Å². The number of rotatable bonds is 3. The van der Waals surface area contributed by atoms with Gasteiger partial charge in [0.2, 0.25) is 10.5 Å². The smallest absolute Gasteiger partial charge is 0.238 e. The summed E-state index contributed by atoms with van der Waals surface area (Å²) in [6.07, 6.45) is -0.204. The molecule has 0 amide bonds. The highest BCUT2D eigenvalue weighted by Gasteiger charge is 2.12. The standard InChI is InChI=1S/C4H5Cl2NO2/c5-3(8)1-2(7)4(6)9/h2H,1,7H2. The molecule has 0 heterocycles. The van der Waals surface area contributed by atoms with Gasteiger partial charge < -0.3 is 5.73 Å². The van der Waals surface area contributed by atoms with E-state index in [0.717, 1.165) is 0 Å². The monoisotopic (exact) mass is 169 g/mol. The summed E-state index contributed by atoms with van der Waals surface area (Å²) in [4.78, 5) is 20.1. The van der Waals surface area contributed by atoms with E-state index in [1.807, 2.05) is 0 Å². The molecule has 52 valence electrons. The van der Waals surface area contributed by atoms with Gasteiger partial charge in [0, 0.05) is 6.42 Å². The highest BCUT2D eigenvalue weighted by atomic mass is 35.5. The van der Waals surface area contributed by atoms with Crippen LogP contribution in [-0.4, -0.2) is 16.5 Å². The Kier molecular flexibility index (Phi) is 3.77. The highest BCUT2D eigenvalue weighted by molar-refractivity contribution is 6.67. The zero-order chi connectivity index (χ0) is 7.44. The van der Waals surface area contributed by atoms with E-state index >= 15 is 0 Å². The van der Waals surface area contributed by atoms with Crippen LogP contribution in [0.2, 0.25) is 0 Å². The van der Waals surface area contributed by atoms with Gasteiger partial charge in [0.1, 0.15) is 0 Å². The fraction of sp³-hybridized carbons (Fsp3) is 0.500. The number of carbonyl (C=O) groups excluding carboxylic acids is 2. The van der Waals surface area contributed by atoms with E-state index in [2.05, 4.69) is 0 Å². The maximum absolute atomic E-state index is 10.1. The molecule has 0 aliphatic carbocycles. The van der Waals surface area contributed by atoms with Crippen LogP contribution in [0.1, 0.15) is 6.42 Å². The third kappa shape index (κ3) is 4.39. The van der Waals surface area contributed by atoms with Gasteiger partial charge >= 0.3 is 0 Å². The Morgan fingerprint density at radius 2 is 1.89 bits per heavy atom. The molecule has 0 aliphatic rings. The van der Waals surface area contributed by atoms with Crippen molar-refractivity contribution < 1.29 is 9.59 Å². The van der Waals surface area contributed by atoms with Crippen molar-refractivity contribution in [3.05, 3.63) is 0 Å². The summed E-state index contributed by atoms with van der Waals surface area (Å²) in [6.45, 7) is 0. The lowest BCUT2D eigenvalue weighted by atomic mass is 10.3. The molecule has 0 bridgehead atoms. The van der Waals surface area contributed by atoms with E-state index in [4.69, 9.17) is 28.9 Å². The molecule has 0 aromatic carbocycles. The van der Waals surface area contributed by atoms with E-state index in [9.17, 15) is 9.59 Å². The molecule has 9 heavy (non-hydrogen) atoms. The van der Waals surface area contributed by atoms with Crippen LogP contribution >= 0.6 is 23.2 Å². The molecule has 5 heteroatoms. The van der Waals surface area contributed by atoms with Crippen molar-refractivity contribution in [2.24, 2.45) is 5.73 Å². The Morgan fingerprint density at radius 3 is 2.00 bits per heavy atom. The van der Waals surface area contributed by atoms with Gasteiger partial charge in [0.15, 0.2) is 0 Å². The van der Waals surface area contributed by atoms with Crippen molar-refractivity contribution in [2.75, 3.05) is 0 Å². The molecule has 1 unspecified atom stereocenters. The second-order valence-electron chi connectivity index (χ2n) is 1.47. The largest absolute Gasteiger partial charge is 0.320 e. The average Bonchev–Trinajstić information content (AvgIpc) is 1.63. The molecule has 0 rings (SSSR count). The van der Waals surface area contributed by atoms with Crippen LogP contribution in [0.25, 0.3) is 0 Å².